The molecule has 0 aromatic heterocycles. The number of rotatable bonds is 5. The van der Waals surface area contributed by atoms with Gasteiger partial charge in [0.1, 0.15) is 0 Å². The van der Waals surface area contributed by atoms with Gasteiger partial charge in [0.15, 0.2) is 0 Å². The minimum Gasteiger partial charge on any atom is -0.465 e. The van der Waals surface area contributed by atoms with E-state index < -0.39 is 5.97 Å². The molecule has 0 unspecified atom stereocenters. The number of nitrogens with zero attached hydrogens (tertiary/aromatic N) is 1. The third-order valence-electron chi connectivity index (χ3n) is 4.19. The lowest BCUT2D eigenvalue weighted by molar-refractivity contribution is -0.0777. The number of benzene rings is 1. The molecule has 0 saturated carbocycles. The van der Waals surface area contributed by atoms with Gasteiger partial charge in [0.25, 0.3) is 0 Å². The molecule has 1 heterocycles. The molecule has 1 aliphatic heterocycles. The summed E-state index contributed by atoms with van der Waals surface area (Å²) in [5, 5.41) is 5.64. The highest BCUT2D eigenvalue weighted by molar-refractivity contribution is 5.92. The largest absolute Gasteiger partial charge is 0.465 e. The molecule has 0 bridgehead atoms. The van der Waals surface area contributed by atoms with Gasteiger partial charge >= 0.3 is 12.0 Å². The first-order valence-electron chi connectivity index (χ1n) is 8.51. The molecule has 3 atom stereocenters. The molecule has 1 aliphatic rings. The topological polar surface area (TPSA) is 79.9 Å². The Hall–Kier alpha value is -2.12. The predicted molar refractivity (Wildman–Crippen MR) is 95.8 cm³/mol. The molecule has 2 rings (SSSR count). The summed E-state index contributed by atoms with van der Waals surface area (Å²) in [6.07, 6.45) is 0.404. The van der Waals surface area contributed by atoms with Crippen molar-refractivity contribution in [1.82, 2.24) is 10.2 Å². The van der Waals surface area contributed by atoms with E-state index in [0.717, 1.165) is 13.1 Å². The summed E-state index contributed by atoms with van der Waals surface area (Å²) < 4.78 is 10.4. The van der Waals surface area contributed by atoms with Gasteiger partial charge in [0.2, 0.25) is 0 Å². The number of carbonyl (C=O) groups is 2. The zero-order valence-electron chi connectivity index (χ0n) is 15.2. The van der Waals surface area contributed by atoms with Crippen LogP contribution in [-0.2, 0) is 9.47 Å². The van der Waals surface area contributed by atoms with Crippen molar-refractivity contribution in [3.8, 4) is 0 Å². The van der Waals surface area contributed by atoms with Crippen molar-refractivity contribution in [2.75, 3.05) is 32.1 Å². The number of morpholine rings is 1. The first kappa shape index (κ1) is 19.2. The van der Waals surface area contributed by atoms with Gasteiger partial charge < -0.3 is 20.1 Å². The van der Waals surface area contributed by atoms with Crippen LogP contribution in [-0.4, -0.2) is 61.9 Å². The Morgan fingerprint density at radius 1 is 1.24 bits per heavy atom. The van der Waals surface area contributed by atoms with Gasteiger partial charge in [0.05, 0.1) is 24.9 Å². The summed E-state index contributed by atoms with van der Waals surface area (Å²) >= 11 is 0. The fraction of sp³-hybridized carbons (Fsp3) is 0.556. The van der Waals surface area contributed by atoms with Gasteiger partial charge in [-0.25, -0.2) is 9.59 Å². The first-order chi connectivity index (χ1) is 11.9. The van der Waals surface area contributed by atoms with Crippen molar-refractivity contribution in [1.29, 1.82) is 0 Å². The molecule has 0 aliphatic carbocycles. The number of ether oxygens (including phenoxy) is 2. The van der Waals surface area contributed by atoms with Crippen molar-refractivity contribution in [3.63, 3.8) is 0 Å². The van der Waals surface area contributed by atoms with E-state index >= 15 is 0 Å². The molecule has 1 saturated heterocycles. The minimum absolute atomic E-state index is 0.202. The normalized spacial score (nSPS) is 22.1. The standard InChI is InChI=1S/C18H27N3O4/c1-12(21-10-13(2)25-14(3)11-21)9-19-18(23)20-16-7-5-15(6-8-16)17(22)24-4/h5-8,12-14H,9-11H2,1-4H3,(H2,19,20,23)/t12-,13-,14+/m0/s1. The Labute approximate surface area is 148 Å². The van der Waals surface area contributed by atoms with Crippen LogP contribution in [0.5, 0.6) is 0 Å². The lowest BCUT2D eigenvalue weighted by Gasteiger charge is -2.38. The summed E-state index contributed by atoms with van der Waals surface area (Å²) in [6, 6.07) is 6.51. The Morgan fingerprint density at radius 3 is 2.40 bits per heavy atom. The Kier molecular flexibility index (Phi) is 6.78. The molecule has 1 fully saturated rings. The zero-order chi connectivity index (χ0) is 18.4. The van der Waals surface area contributed by atoms with Gasteiger partial charge in [-0.15, -0.1) is 0 Å². The predicted octanol–water partition coefficient (Wildman–Crippen LogP) is 2.09. The second-order valence-electron chi connectivity index (χ2n) is 6.46. The van der Waals surface area contributed by atoms with Crippen LogP contribution in [0.1, 0.15) is 31.1 Å². The number of methoxy groups -OCH3 is 1. The summed E-state index contributed by atoms with van der Waals surface area (Å²) in [4.78, 5) is 25.8. The maximum atomic E-state index is 12.0. The van der Waals surface area contributed by atoms with Crippen LogP contribution in [0.25, 0.3) is 0 Å². The van der Waals surface area contributed by atoms with Gasteiger partial charge in [-0.3, -0.25) is 4.90 Å². The average Bonchev–Trinajstić information content (AvgIpc) is 2.58. The molecular formula is C18H27N3O4. The molecule has 0 radical (unpaired) electrons. The molecule has 1 aromatic rings. The van der Waals surface area contributed by atoms with E-state index in [9.17, 15) is 9.59 Å². The number of urea groups is 1. The number of esters is 1. The highest BCUT2D eigenvalue weighted by atomic mass is 16.5. The van der Waals surface area contributed by atoms with E-state index in [1.807, 2.05) is 0 Å². The molecule has 7 heteroatoms. The third-order valence-corrected chi connectivity index (χ3v) is 4.19. The van der Waals surface area contributed by atoms with Crippen LogP contribution in [0.2, 0.25) is 0 Å². The second-order valence-corrected chi connectivity index (χ2v) is 6.46. The molecule has 0 spiro atoms. The van der Waals surface area contributed by atoms with E-state index in [0.29, 0.717) is 17.8 Å². The fourth-order valence-electron chi connectivity index (χ4n) is 2.93. The number of hydrogen-bond acceptors (Lipinski definition) is 5. The molecule has 1 aromatic carbocycles. The molecule has 2 amide bonds. The number of nitrogens with one attached hydrogen (secondary N) is 2. The monoisotopic (exact) mass is 349 g/mol. The maximum Gasteiger partial charge on any atom is 0.337 e. The van der Waals surface area contributed by atoms with Crippen LogP contribution >= 0.6 is 0 Å². The average molecular weight is 349 g/mol. The van der Waals surface area contributed by atoms with Gasteiger partial charge in [0, 0.05) is 31.4 Å². The summed E-state index contributed by atoms with van der Waals surface area (Å²) in [5.41, 5.74) is 1.06. The van der Waals surface area contributed by atoms with Crippen LogP contribution in [0.3, 0.4) is 0 Å². The van der Waals surface area contributed by atoms with Crippen molar-refractivity contribution in [2.45, 2.75) is 39.0 Å². The van der Waals surface area contributed by atoms with Crippen LogP contribution in [0.15, 0.2) is 24.3 Å². The van der Waals surface area contributed by atoms with E-state index in [2.05, 4.69) is 41.0 Å². The number of anilines is 1. The van der Waals surface area contributed by atoms with E-state index in [1.54, 1.807) is 24.3 Å². The fourth-order valence-corrected chi connectivity index (χ4v) is 2.93. The third kappa shape index (κ3) is 5.72. The highest BCUT2D eigenvalue weighted by Gasteiger charge is 2.25. The second kappa shape index (κ2) is 8.82. The smallest absolute Gasteiger partial charge is 0.337 e. The van der Waals surface area contributed by atoms with Crippen molar-refractivity contribution >= 4 is 17.7 Å². The molecule has 2 N–H and O–H groups in total. The Bertz CT molecular complexity index is 580. The van der Waals surface area contributed by atoms with Crippen LogP contribution in [0, 0.1) is 0 Å². The first-order valence-corrected chi connectivity index (χ1v) is 8.51. The highest BCUT2D eigenvalue weighted by Crippen LogP contribution is 2.13. The molecule has 138 valence electrons. The molecule has 7 nitrogen and oxygen atoms in total. The minimum atomic E-state index is -0.404. The van der Waals surface area contributed by atoms with E-state index in [-0.39, 0.29) is 24.3 Å². The molecular weight excluding hydrogens is 322 g/mol. The van der Waals surface area contributed by atoms with Crippen molar-refractivity contribution < 1.29 is 19.1 Å². The Balaban J connectivity index is 1.79. The maximum absolute atomic E-state index is 12.0. The van der Waals surface area contributed by atoms with Gasteiger partial charge in [-0.2, -0.15) is 0 Å². The Morgan fingerprint density at radius 2 is 1.84 bits per heavy atom. The molecule has 25 heavy (non-hydrogen) atoms. The van der Waals surface area contributed by atoms with Crippen LogP contribution < -0.4 is 10.6 Å². The summed E-state index contributed by atoms with van der Waals surface area (Å²) in [6.45, 7) is 8.50. The summed E-state index contributed by atoms with van der Waals surface area (Å²) in [7, 11) is 1.33. The number of carbonyl (C=O) groups excluding carboxylic acids is 2. The zero-order valence-corrected chi connectivity index (χ0v) is 15.2. The quantitative estimate of drug-likeness (QED) is 0.796. The summed E-state index contributed by atoms with van der Waals surface area (Å²) in [5.74, 6) is -0.404. The SMILES string of the molecule is COC(=O)c1ccc(NC(=O)NC[C@H](C)N2C[C@@H](C)O[C@@H](C)C2)cc1. The van der Waals surface area contributed by atoms with E-state index in [1.165, 1.54) is 7.11 Å². The van der Waals surface area contributed by atoms with E-state index in [4.69, 9.17) is 4.74 Å². The van der Waals surface area contributed by atoms with Gasteiger partial charge in [-0.1, -0.05) is 0 Å². The van der Waals surface area contributed by atoms with Crippen molar-refractivity contribution in [3.05, 3.63) is 29.8 Å². The lowest BCUT2D eigenvalue weighted by atomic mass is 10.2. The van der Waals surface area contributed by atoms with Crippen LogP contribution in [0.4, 0.5) is 10.5 Å². The van der Waals surface area contributed by atoms with Gasteiger partial charge in [-0.05, 0) is 45.0 Å². The van der Waals surface area contributed by atoms with Crippen molar-refractivity contribution in [2.24, 2.45) is 0 Å². The lowest BCUT2D eigenvalue weighted by Crippen LogP contribution is -2.52. The number of amides is 2. The number of hydrogen-bond donors (Lipinski definition) is 2.